The largest absolute Gasteiger partial charge is 0.368 e. The van der Waals surface area contributed by atoms with Gasteiger partial charge in [-0.1, -0.05) is 13.0 Å². The lowest BCUT2D eigenvalue weighted by Crippen LogP contribution is -2.50. The van der Waals surface area contributed by atoms with Gasteiger partial charge < -0.3 is 10.2 Å². The highest BCUT2D eigenvalue weighted by Crippen LogP contribution is 2.39. The number of hydrogen-bond acceptors (Lipinski definition) is 2. The Balaban J connectivity index is 1.66. The molecule has 2 unspecified atom stereocenters. The number of benzene rings is 1. The third kappa shape index (κ3) is 2.48. The molecule has 19 heavy (non-hydrogen) atoms. The van der Waals surface area contributed by atoms with Crippen molar-refractivity contribution >= 4 is 5.69 Å². The Labute approximate surface area is 115 Å². The smallest absolute Gasteiger partial charge is 0.125 e. The summed E-state index contributed by atoms with van der Waals surface area (Å²) in [4.78, 5) is 2.44. The van der Waals surface area contributed by atoms with Gasteiger partial charge in [0, 0.05) is 18.3 Å². The van der Waals surface area contributed by atoms with Crippen LogP contribution in [0.5, 0.6) is 0 Å². The van der Waals surface area contributed by atoms with E-state index in [9.17, 15) is 4.39 Å². The highest BCUT2D eigenvalue weighted by Gasteiger charge is 2.37. The molecule has 104 valence electrons. The SMILES string of the molecule is CCCNCC1CCC1N1CCc2ccc(F)cc21. The van der Waals surface area contributed by atoms with Gasteiger partial charge in [-0.3, -0.25) is 0 Å². The minimum Gasteiger partial charge on any atom is -0.368 e. The number of fused-ring (bicyclic) bond motifs is 1. The van der Waals surface area contributed by atoms with Crippen molar-refractivity contribution in [2.75, 3.05) is 24.5 Å². The van der Waals surface area contributed by atoms with E-state index >= 15 is 0 Å². The van der Waals surface area contributed by atoms with E-state index in [4.69, 9.17) is 0 Å². The molecule has 0 bridgehead atoms. The van der Waals surface area contributed by atoms with Crippen LogP contribution in [0.25, 0.3) is 0 Å². The first-order chi connectivity index (χ1) is 9.29. The van der Waals surface area contributed by atoms with Crippen molar-refractivity contribution in [3.63, 3.8) is 0 Å². The molecule has 1 heterocycles. The highest BCUT2D eigenvalue weighted by atomic mass is 19.1. The first-order valence-corrected chi connectivity index (χ1v) is 7.55. The van der Waals surface area contributed by atoms with Crippen LogP contribution in [0.3, 0.4) is 0 Å². The Morgan fingerprint density at radius 1 is 1.37 bits per heavy atom. The number of rotatable bonds is 5. The van der Waals surface area contributed by atoms with Gasteiger partial charge in [-0.25, -0.2) is 4.39 Å². The van der Waals surface area contributed by atoms with Crippen LogP contribution in [-0.4, -0.2) is 25.7 Å². The van der Waals surface area contributed by atoms with Crippen LogP contribution < -0.4 is 10.2 Å². The molecule has 0 spiro atoms. The summed E-state index contributed by atoms with van der Waals surface area (Å²) >= 11 is 0. The van der Waals surface area contributed by atoms with Crippen LogP contribution in [0.1, 0.15) is 31.7 Å². The van der Waals surface area contributed by atoms with Crippen molar-refractivity contribution in [2.24, 2.45) is 5.92 Å². The molecule has 1 saturated carbocycles. The van der Waals surface area contributed by atoms with Crippen molar-refractivity contribution in [1.29, 1.82) is 0 Å². The molecule has 3 heteroatoms. The summed E-state index contributed by atoms with van der Waals surface area (Å²) in [5.74, 6) is 0.631. The van der Waals surface area contributed by atoms with Gasteiger partial charge in [-0.15, -0.1) is 0 Å². The number of anilines is 1. The summed E-state index contributed by atoms with van der Waals surface area (Å²) in [5.41, 5.74) is 2.46. The molecule has 0 radical (unpaired) electrons. The topological polar surface area (TPSA) is 15.3 Å². The first kappa shape index (κ1) is 12.9. The molecule has 2 aliphatic rings. The van der Waals surface area contributed by atoms with E-state index in [2.05, 4.69) is 17.1 Å². The highest BCUT2D eigenvalue weighted by molar-refractivity contribution is 5.59. The first-order valence-electron chi connectivity index (χ1n) is 7.55. The lowest BCUT2D eigenvalue weighted by atomic mass is 9.78. The summed E-state index contributed by atoms with van der Waals surface area (Å²) in [6, 6.07) is 5.88. The third-order valence-corrected chi connectivity index (χ3v) is 4.59. The predicted octanol–water partition coefficient (Wildman–Crippen LogP) is 2.97. The maximum atomic E-state index is 13.4. The van der Waals surface area contributed by atoms with Crippen molar-refractivity contribution < 1.29 is 4.39 Å². The Morgan fingerprint density at radius 3 is 3.00 bits per heavy atom. The zero-order valence-electron chi connectivity index (χ0n) is 11.7. The van der Waals surface area contributed by atoms with Gasteiger partial charge >= 0.3 is 0 Å². The lowest BCUT2D eigenvalue weighted by molar-refractivity contribution is 0.236. The minimum absolute atomic E-state index is 0.106. The molecular weight excluding hydrogens is 239 g/mol. The summed E-state index contributed by atoms with van der Waals surface area (Å²) < 4.78 is 13.4. The minimum atomic E-state index is -0.106. The van der Waals surface area contributed by atoms with Crippen molar-refractivity contribution in [1.82, 2.24) is 5.32 Å². The molecule has 1 N–H and O–H groups in total. The second kappa shape index (κ2) is 5.49. The van der Waals surface area contributed by atoms with E-state index in [0.29, 0.717) is 6.04 Å². The van der Waals surface area contributed by atoms with E-state index < -0.39 is 0 Å². The lowest BCUT2D eigenvalue weighted by Gasteiger charge is -2.44. The molecule has 1 aliphatic heterocycles. The molecule has 1 aliphatic carbocycles. The zero-order chi connectivity index (χ0) is 13.2. The van der Waals surface area contributed by atoms with E-state index in [0.717, 1.165) is 37.7 Å². The average molecular weight is 262 g/mol. The quantitative estimate of drug-likeness (QED) is 0.821. The normalized spacial score (nSPS) is 25.3. The molecule has 2 nitrogen and oxygen atoms in total. The molecule has 0 amide bonds. The van der Waals surface area contributed by atoms with Gasteiger partial charge in [0.15, 0.2) is 0 Å². The third-order valence-electron chi connectivity index (χ3n) is 4.59. The maximum Gasteiger partial charge on any atom is 0.125 e. The molecule has 2 atom stereocenters. The molecule has 1 fully saturated rings. The number of hydrogen-bond donors (Lipinski definition) is 1. The summed E-state index contributed by atoms with van der Waals surface area (Å²) in [6.07, 6.45) is 4.83. The van der Waals surface area contributed by atoms with E-state index in [1.54, 1.807) is 12.1 Å². The summed E-state index contributed by atoms with van der Waals surface area (Å²) in [6.45, 7) is 5.48. The van der Waals surface area contributed by atoms with Crippen LogP contribution in [0.2, 0.25) is 0 Å². The monoisotopic (exact) mass is 262 g/mol. The Morgan fingerprint density at radius 2 is 2.26 bits per heavy atom. The number of halogens is 1. The van der Waals surface area contributed by atoms with Gasteiger partial charge in [0.1, 0.15) is 5.82 Å². The van der Waals surface area contributed by atoms with Crippen LogP contribution >= 0.6 is 0 Å². The second-order valence-corrected chi connectivity index (χ2v) is 5.83. The molecule has 3 rings (SSSR count). The van der Waals surface area contributed by atoms with Crippen molar-refractivity contribution in [3.8, 4) is 0 Å². The fourth-order valence-electron chi connectivity index (χ4n) is 3.39. The summed E-state index contributed by atoms with van der Waals surface area (Å²) in [7, 11) is 0. The molecule has 1 aromatic rings. The van der Waals surface area contributed by atoms with Crippen molar-refractivity contribution in [2.45, 2.75) is 38.6 Å². The molecular formula is C16H23FN2. The van der Waals surface area contributed by atoms with E-state index in [1.807, 2.05) is 6.07 Å². The molecule has 0 saturated heterocycles. The Bertz CT molecular complexity index is 446. The van der Waals surface area contributed by atoms with Gasteiger partial charge in [0.25, 0.3) is 0 Å². The molecule has 1 aromatic carbocycles. The van der Waals surface area contributed by atoms with Gasteiger partial charge in [-0.2, -0.15) is 0 Å². The van der Waals surface area contributed by atoms with Crippen LogP contribution in [0, 0.1) is 11.7 Å². The standard InChI is InChI=1S/C16H23FN2/c1-2-8-18-11-13-4-6-15(13)19-9-7-12-3-5-14(17)10-16(12)19/h3,5,10,13,15,18H,2,4,6-9,11H2,1H3. The second-order valence-electron chi connectivity index (χ2n) is 5.83. The molecule has 0 aromatic heterocycles. The van der Waals surface area contributed by atoms with Crippen LogP contribution in [0.4, 0.5) is 10.1 Å². The van der Waals surface area contributed by atoms with Crippen molar-refractivity contribution in [3.05, 3.63) is 29.6 Å². The van der Waals surface area contributed by atoms with Gasteiger partial charge in [0.2, 0.25) is 0 Å². The van der Waals surface area contributed by atoms with E-state index in [1.165, 1.54) is 24.8 Å². The van der Waals surface area contributed by atoms with Crippen LogP contribution in [0.15, 0.2) is 18.2 Å². The maximum absolute atomic E-state index is 13.4. The van der Waals surface area contributed by atoms with Gasteiger partial charge in [0.05, 0.1) is 0 Å². The van der Waals surface area contributed by atoms with Crippen LogP contribution in [-0.2, 0) is 6.42 Å². The zero-order valence-corrected chi connectivity index (χ0v) is 11.7. The predicted molar refractivity (Wildman–Crippen MR) is 77.1 cm³/mol. The number of nitrogens with one attached hydrogen (secondary N) is 1. The van der Waals surface area contributed by atoms with E-state index in [-0.39, 0.29) is 5.82 Å². The Kier molecular flexibility index (Phi) is 3.74. The summed E-state index contributed by atoms with van der Waals surface area (Å²) in [5, 5.41) is 3.53. The van der Waals surface area contributed by atoms with Gasteiger partial charge in [-0.05, 0) is 62.4 Å². The average Bonchev–Trinajstić information content (AvgIpc) is 2.76. The fourth-order valence-corrected chi connectivity index (χ4v) is 3.39. The fraction of sp³-hybridized carbons (Fsp3) is 0.625. The Hall–Kier alpha value is -1.09. The number of nitrogens with zero attached hydrogens (tertiary/aromatic N) is 1.